The topological polar surface area (TPSA) is 77.3 Å². The molecule has 8 nitrogen and oxygen atoms in total. The summed E-state index contributed by atoms with van der Waals surface area (Å²) in [6.07, 6.45) is 2.60. The van der Waals surface area contributed by atoms with Gasteiger partial charge in [-0.2, -0.15) is 0 Å². The molecule has 0 N–H and O–H groups in total. The number of hydrogen-bond donors (Lipinski definition) is 0. The second kappa shape index (κ2) is 12.1. The number of amides is 1. The van der Waals surface area contributed by atoms with E-state index in [0.29, 0.717) is 13.2 Å². The van der Waals surface area contributed by atoms with Crippen molar-refractivity contribution in [2.75, 3.05) is 26.9 Å². The maximum Gasteiger partial charge on any atom is 0.410 e. The number of morpholine rings is 1. The summed E-state index contributed by atoms with van der Waals surface area (Å²) in [5.41, 5.74) is 0.319. The number of rotatable bonds is 9. The lowest BCUT2D eigenvalue weighted by Gasteiger charge is -2.42. The van der Waals surface area contributed by atoms with Crippen LogP contribution in [0.2, 0.25) is 18.1 Å². The third-order valence-electron chi connectivity index (χ3n) is 6.46. The number of ether oxygens (including phenoxy) is 2. The number of carbonyl (C=O) groups is 1. The Morgan fingerprint density at radius 1 is 1.34 bits per heavy atom. The number of halogens is 1. The van der Waals surface area contributed by atoms with Gasteiger partial charge in [-0.15, -0.1) is 0 Å². The van der Waals surface area contributed by atoms with Gasteiger partial charge < -0.3 is 13.9 Å². The highest BCUT2D eigenvalue weighted by Crippen LogP contribution is 2.37. The van der Waals surface area contributed by atoms with E-state index in [4.69, 9.17) is 13.9 Å². The predicted octanol–water partition coefficient (Wildman–Crippen LogP) is 5.53. The summed E-state index contributed by atoms with van der Waals surface area (Å²) in [6, 6.07) is 3.98. The van der Waals surface area contributed by atoms with Crippen LogP contribution in [0.4, 0.5) is 14.9 Å². The minimum Gasteiger partial charge on any atom is -0.447 e. The van der Waals surface area contributed by atoms with Gasteiger partial charge in [0.2, 0.25) is 0 Å². The highest BCUT2D eigenvalue weighted by Gasteiger charge is 2.40. The molecule has 1 saturated heterocycles. The van der Waals surface area contributed by atoms with E-state index in [-0.39, 0.29) is 46.3 Å². The van der Waals surface area contributed by atoms with Gasteiger partial charge in [0.05, 0.1) is 48.5 Å². The van der Waals surface area contributed by atoms with Crippen LogP contribution in [0.3, 0.4) is 0 Å². The Morgan fingerprint density at radius 2 is 2.03 bits per heavy atom. The normalized spacial score (nSPS) is 19.3. The Kier molecular flexibility index (Phi) is 10.00. The van der Waals surface area contributed by atoms with E-state index in [1.54, 1.807) is 17.1 Å². The maximum absolute atomic E-state index is 14.4. The van der Waals surface area contributed by atoms with Crippen LogP contribution in [-0.4, -0.2) is 69.4 Å². The number of allylic oxidation sites excluding steroid dienone is 1. The largest absolute Gasteiger partial charge is 0.447 e. The molecular formula is C25H40FN2O6Si+. The molecule has 1 fully saturated rings. The lowest BCUT2D eigenvalue weighted by Crippen LogP contribution is -2.56. The summed E-state index contributed by atoms with van der Waals surface area (Å²) in [6.45, 7) is 15.4. The van der Waals surface area contributed by atoms with Gasteiger partial charge >= 0.3 is 11.8 Å². The molecule has 0 radical (unpaired) electrons. The van der Waals surface area contributed by atoms with Crippen molar-refractivity contribution in [3.63, 3.8) is 0 Å². The fourth-order valence-corrected chi connectivity index (χ4v) is 4.39. The zero-order valence-electron chi connectivity index (χ0n) is 22.2. The van der Waals surface area contributed by atoms with E-state index in [1.807, 2.05) is 13.8 Å². The van der Waals surface area contributed by atoms with Gasteiger partial charge in [0.25, 0.3) is 4.92 Å². The smallest absolute Gasteiger partial charge is 0.410 e. The van der Waals surface area contributed by atoms with E-state index in [1.165, 1.54) is 25.3 Å². The molecule has 1 heterocycles. The Hall–Kier alpha value is -2.30. The van der Waals surface area contributed by atoms with Gasteiger partial charge in [-0.25, -0.2) is 14.0 Å². The van der Waals surface area contributed by atoms with E-state index < -0.39 is 26.3 Å². The van der Waals surface area contributed by atoms with Crippen LogP contribution < -0.4 is 0 Å². The molecule has 0 spiro atoms. The van der Waals surface area contributed by atoms with Crippen LogP contribution in [-0.2, 0) is 25.2 Å². The van der Waals surface area contributed by atoms with Crippen LogP contribution in [0.1, 0.15) is 40.2 Å². The molecule has 0 aliphatic carbocycles. The van der Waals surface area contributed by atoms with Crippen molar-refractivity contribution >= 4 is 20.1 Å². The lowest BCUT2D eigenvalue weighted by atomic mass is 10.1. The maximum atomic E-state index is 14.4. The van der Waals surface area contributed by atoms with Crippen LogP contribution >= 0.6 is 0 Å². The first kappa shape index (κ1) is 28.9. The predicted molar refractivity (Wildman–Crippen MR) is 135 cm³/mol. The quantitative estimate of drug-likeness (QED) is 0.246. The standard InChI is InChI=1S/C25H40FN2O6Si/c1-18(2)34-24(29)27-15-20(32-16-19(27)17-33-35(7,8)25(3,4)5)11-9-12-21-22(26)13-10-14-23(21)28(30)31-6/h9-11,13-14,18-20H,12,15-17H2,1-8H3/q+1. The van der Waals surface area contributed by atoms with Gasteiger partial charge in [0.15, 0.2) is 15.4 Å². The SMILES string of the molecule is CO[N+](=O)c1cccc(F)c1CC=CC1CN(C(=O)OC(C)C)C(CO[Si](C)(C)C(C)(C)C)CO1. The Morgan fingerprint density at radius 3 is 2.63 bits per heavy atom. The van der Waals surface area contributed by atoms with Gasteiger partial charge in [0, 0.05) is 12.5 Å². The molecule has 2 atom stereocenters. The van der Waals surface area contributed by atoms with Gasteiger partial charge in [0.1, 0.15) is 5.82 Å². The molecule has 1 aromatic carbocycles. The fraction of sp³-hybridized carbons (Fsp3) is 0.640. The third kappa shape index (κ3) is 7.84. The van der Waals surface area contributed by atoms with Crippen LogP contribution in [0.5, 0.6) is 0 Å². The molecule has 2 unspecified atom stereocenters. The Balaban J connectivity index is 2.12. The van der Waals surface area contributed by atoms with Crippen LogP contribution in [0.15, 0.2) is 30.4 Å². The summed E-state index contributed by atoms with van der Waals surface area (Å²) < 4.78 is 32.2. The second-order valence-electron chi connectivity index (χ2n) is 10.5. The molecule has 1 aromatic rings. The Labute approximate surface area is 209 Å². The molecule has 35 heavy (non-hydrogen) atoms. The van der Waals surface area contributed by atoms with Crippen molar-refractivity contribution in [3.05, 3.63) is 46.6 Å². The average molecular weight is 512 g/mol. The summed E-state index contributed by atoms with van der Waals surface area (Å²) in [5, 5.41) is 0.0467. The van der Waals surface area contributed by atoms with Crippen molar-refractivity contribution in [1.82, 2.24) is 4.90 Å². The first-order chi connectivity index (χ1) is 16.3. The third-order valence-corrected chi connectivity index (χ3v) is 11.0. The van der Waals surface area contributed by atoms with Gasteiger partial charge in [-0.05, 0) is 38.0 Å². The van der Waals surface area contributed by atoms with Crippen molar-refractivity contribution in [2.24, 2.45) is 0 Å². The number of hydrogen-bond acceptors (Lipinski definition) is 6. The highest BCUT2D eigenvalue weighted by molar-refractivity contribution is 6.74. The monoisotopic (exact) mass is 511 g/mol. The second-order valence-corrected chi connectivity index (χ2v) is 15.3. The molecule has 0 aromatic heterocycles. The molecule has 196 valence electrons. The molecule has 2 rings (SSSR count). The Bertz CT molecular complexity index is 916. The number of carbonyl (C=O) groups excluding carboxylic acids is 1. The fourth-order valence-electron chi connectivity index (χ4n) is 3.35. The first-order valence-corrected chi connectivity index (χ1v) is 14.9. The van der Waals surface area contributed by atoms with E-state index in [9.17, 15) is 14.1 Å². The molecular weight excluding hydrogens is 471 g/mol. The molecule has 10 heteroatoms. The average Bonchev–Trinajstić information content (AvgIpc) is 2.77. The molecule has 1 aliphatic rings. The van der Waals surface area contributed by atoms with Crippen molar-refractivity contribution < 1.29 is 32.8 Å². The molecule has 1 aliphatic heterocycles. The molecule has 0 saturated carbocycles. The van der Waals surface area contributed by atoms with Gasteiger partial charge in [-0.1, -0.05) is 39.0 Å². The number of nitrogens with zero attached hydrogens (tertiary/aromatic N) is 2. The zero-order valence-corrected chi connectivity index (χ0v) is 23.2. The van der Waals surface area contributed by atoms with E-state index >= 15 is 0 Å². The van der Waals surface area contributed by atoms with Crippen LogP contribution in [0, 0.1) is 10.7 Å². The first-order valence-electron chi connectivity index (χ1n) is 11.9. The minimum absolute atomic E-state index is 0.0467. The summed E-state index contributed by atoms with van der Waals surface area (Å²) in [4.78, 5) is 31.4. The van der Waals surface area contributed by atoms with Gasteiger partial charge in [-0.3, -0.25) is 4.90 Å². The highest BCUT2D eigenvalue weighted by atomic mass is 28.4. The summed E-state index contributed by atoms with van der Waals surface area (Å²) in [5.74, 6) is -0.500. The minimum atomic E-state index is -2.01. The lowest BCUT2D eigenvalue weighted by molar-refractivity contribution is -0.737. The van der Waals surface area contributed by atoms with Crippen LogP contribution in [0.25, 0.3) is 0 Å². The zero-order chi connectivity index (χ0) is 26.4. The molecule has 0 bridgehead atoms. The van der Waals surface area contributed by atoms with Crippen molar-refractivity contribution in [1.29, 1.82) is 0 Å². The summed E-state index contributed by atoms with van der Waals surface area (Å²) in [7, 11) is -0.782. The number of benzene rings is 1. The van der Waals surface area contributed by atoms with Crippen molar-refractivity contribution in [3.8, 4) is 0 Å². The summed E-state index contributed by atoms with van der Waals surface area (Å²) >= 11 is 0. The van der Waals surface area contributed by atoms with E-state index in [0.717, 1.165) is 0 Å². The molecule has 1 amide bonds. The van der Waals surface area contributed by atoms with E-state index in [2.05, 4.69) is 38.7 Å². The van der Waals surface area contributed by atoms with Crippen molar-refractivity contribution in [2.45, 2.75) is 77.4 Å².